The van der Waals surface area contributed by atoms with Crippen molar-refractivity contribution in [2.45, 2.75) is 12.5 Å². The fourth-order valence-electron chi connectivity index (χ4n) is 2.80. The third-order valence-corrected chi connectivity index (χ3v) is 4.54. The second kappa shape index (κ2) is 9.84. The topological polar surface area (TPSA) is 70.8 Å². The second-order valence-corrected chi connectivity index (χ2v) is 6.39. The molecule has 1 atom stereocenters. The van der Waals surface area contributed by atoms with Crippen LogP contribution in [0, 0.1) is 0 Å². The lowest BCUT2D eigenvalue weighted by Crippen LogP contribution is -2.48. The zero-order valence-electron chi connectivity index (χ0n) is 14.2. The van der Waals surface area contributed by atoms with Gasteiger partial charge in [0.25, 0.3) is 0 Å². The molecule has 1 saturated heterocycles. The summed E-state index contributed by atoms with van der Waals surface area (Å²) in [5, 5.41) is 3.70. The Morgan fingerprint density at radius 2 is 2.12 bits per heavy atom. The van der Waals surface area contributed by atoms with E-state index in [9.17, 15) is 4.79 Å². The minimum atomic E-state index is -0.203. The monoisotopic (exact) mass is 354 g/mol. The first-order chi connectivity index (χ1) is 11.6. The molecule has 0 spiro atoms. The number of hydrogen-bond acceptors (Lipinski definition) is 5. The molecule has 0 aliphatic carbocycles. The summed E-state index contributed by atoms with van der Waals surface area (Å²) in [4.78, 5) is 16.5. The Morgan fingerprint density at radius 1 is 1.38 bits per heavy atom. The average molecular weight is 355 g/mol. The predicted octanol–water partition coefficient (Wildman–Crippen LogP) is 0.942. The Bertz CT molecular complexity index is 517. The Labute approximate surface area is 148 Å². The molecule has 1 heterocycles. The number of rotatable bonds is 8. The predicted molar refractivity (Wildman–Crippen MR) is 97.6 cm³/mol. The van der Waals surface area contributed by atoms with Gasteiger partial charge >= 0.3 is 0 Å². The number of carbonyl (C=O) groups excluding carboxylic acids is 1. The summed E-state index contributed by atoms with van der Waals surface area (Å²) >= 11 is 6.05. The van der Waals surface area contributed by atoms with Crippen LogP contribution in [0.5, 0.6) is 0 Å². The van der Waals surface area contributed by atoms with Crippen LogP contribution in [0.1, 0.15) is 6.42 Å². The molecule has 0 aromatic heterocycles. The van der Waals surface area contributed by atoms with Crippen LogP contribution >= 0.6 is 11.6 Å². The molecule has 7 heteroatoms. The van der Waals surface area contributed by atoms with E-state index in [0.29, 0.717) is 19.5 Å². The molecule has 1 amide bonds. The third-order valence-electron chi connectivity index (χ3n) is 4.31. The third kappa shape index (κ3) is 5.94. The van der Waals surface area contributed by atoms with E-state index in [2.05, 4.69) is 21.2 Å². The lowest BCUT2D eigenvalue weighted by Gasteiger charge is -2.36. The van der Waals surface area contributed by atoms with Gasteiger partial charge < -0.3 is 20.7 Å². The quantitative estimate of drug-likeness (QED) is 0.727. The largest absolute Gasteiger partial charge is 0.380 e. The number of hydrogen-bond donors (Lipinski definition) is 2. The van der Waals surface area contributed by atoms with Crippen LogP contribution in [0.2, 0.25) is 5.02 Å². The molecule has 1 aliphatic heterocycles. The van der Waals surface area contributed by atoms with Crippen molar-refractivity contribution >= 4 is 23.2 Å². The first-order valence-electron chi connectivity index (χ1n) is 8.35. The van der Waals surface area contributed by atoms with E-state index in [4.69, 9.17) is 22.1 Å². The van der Waals surface area contributed by atoms with E-state index in [-0.39, 0.29) is 12.0 Å². The Kier molecular flexibility index (Phi) is 7.78. The Balaban J connectivity index is 1.65. The number of nitrogens with one attached hydrogen (secondary N) is 1. The summed E-state index contributed by atoms with van der Waals surface area (Å²) in [6.07, 6.45) is 0.112. The highest BCUT2D eigenvalue weighted by molar-refractivity contribution is 6.30. The van der Waals surface area contributed by atoms with Crippen molar-refractivity contribution in [2.75, 3.05) is 57.8 Å². The van der Waals surface area contributed by atoms with E-state index in [1.807, 2.05) is 18.2 Å². The number of carbonyl (C=O) groups is 1. The van der Waals surface area contributed by atoms with Crippen LogP contribution in [0.3, 0.4) is 0 Å². The molecule has 2 rings (SSSR count). The van der Waals surface area contributed by atoms with E-state index in [1.165, 1.54) is 5.69 Å². The van der Waals surface area contributed by atoms with Gasteiger partial charge in [0, 0.05) is 63.6 Å². The molecular formula is C17H27ClN4O2. The van der Waals surface area contributed by atoms with Crippen molar-refractivity contribution in [3.05, 3.63) is 29.3 Å². The summed E-state index contributed by atoms with van der Waals surface area (Å²) in [5.41, 5.74) is 6.69. The van der Waals surface area contributed by atoms with Gasteiger partial charge in [-0.3, -0.25) is 9.69 Å². The highest BCUT2D eigenvalue weighted by Gasteiger charge is 2.17. The molecule has 134 valence electrons. The minimum Gasteiger partial charge on any atom is -0.380 e. The maximum atomic E-state index is 11.8. The van der Waals surface area contributed by atoms with Crippen LogP contribution in [0.25, 0.3) is 0 Å². The molecule has 0 radical (unpaired) electrons. The van der Waals surface area contributed by atoms with Gasteiger partial charge in [0.05, 0.1) is 12.5 Å². The number of methoxy groups -OCH3 is 1. The highest BCUT2D eigenvalue weighted by atomic mass is 35.5. The highest BCUT2D eigenvalue weighted by Crippen LogP contribution is 2.20. The summed E-state index contributed by atoms with van der Waals surface area (Å²) in [6.45, 7) is 5.75. The second-order valence-electron chi connectivity index (χ2n) is 5.96. The number of anilines is 1. The molecule has 1 aromatic carbocycles. The SMILES string of the molecule is COC(CN)CC(=O)NCCN1CCN(c2cccc(Cl)c2)CC1. The van der Waals surface area contributed by atoms with E-state index >= 15 is 0 Å². The van der Waals surface area contributed by atoms with Crippen LogP contribution < -0.4 is 16.0 Å². The van der Waals surface area contributed by atoms with Crippen molar-refractivity contribution in [2.24, 2.45) is 5.73 Å². The van der Waals surface area contributed by atoms with Crippen molar-refractivity contribution in [1.29, 1.82) is 0 Å². The van der Waals surface area contributed by atoms with Crippen LogP contribution in [-0.2, 0) is 9.53 Å². The first kappa shape index (κ1) is 19.0. The molecule has 1 aromatic rings. The molecule has 1 fully saturated rings. The first-order valence-corrected chi connectivity index (χ1v) is 8.72. The minimum absolute atomic E-state index is 0.00939. The lowest BCUT2D eigenvalue weighted by molar-refractivity contribution is -0.123. The van der Waals surface area contributed by atoms with E-state index in [0.717, 1.165) is 37.7 Å². The fourth-order valence-corrected chi connectivity index (χ4v) is 2.98. The smallest absolute Gasteiger partial charge is 0.222 e. The number of ether oxygens (including phenoxy) is 1. The number of nitrogens with two attached hydrogens (primary N) is 1. The molecule has 0 bridgehead atoms. The van der Waals surface area contributed by atoms with Gasteiger partial charge in [-0.1, -0.05) is 17.7 Å². The molecule has 1 unspecified atom stereocenters. The lowest BCUT2D eigenvalue weighted by atomic mass is 10.2. The van der Waals surface area contributed by atoms with Gasteiger partial charge in [-0.2, -0.15) is 0 Å². The summed E-state index contributed by atoms with van der Waals surface area (Å²) in [7, 11) is 1.57. The molecule has 24 heavy (non-hydrogen) atoms. The standard InChI is InChI=1S/C17H27ClN4O2/c1-24-16(13-19)12-17(23)20-5-6-21-7-9-22(10-8-21)15-4-2-3-14(18)11-15/h2-4,11,16H,5-10,12-13,19H2,1H3,(H,20,23). The summed E-state index contributed by atoms with van der Waals surface area (Å²) in [6, 6.07) is 7.96. The fraction of sp³-hybridized carbons (Fsp3) is 0.588. The summed E-state index contributed by atoms with van der Waals surface area (Å²) < 4.78 is 5.12. The van der Waals surface area contributed by atoms with Gasteiger partial charge in [0.15, 0.2) is 0 Å². The van der Waals surface area contributed by atoms with Gasteiger partial charge in [0.1, 0.15) is 0 Å². The Hall–Kier alpha value is -1.34. The number of piperazine rings is 1. The number of amides is 1. The van der Waals surface area contributed by atoms with E-state index in [1.54, 1.807) is 7.11 Å². The van der Waals surface area contributed by atoms with Crippen LogP contribution in [-0.4, -0.2) is 69.8 Å². The van der Waals surface area contributed by atoms with Crippen molar-refractivity contribution in [1.82, 2.24) is 10.2 Å². The van der Waals surface area contributed by atoms with Crippen LogP contribution in [0.15, 0.2) is 24.3 Å². The zero-order chi connectivity index (χ0) is 17.4. The number of benzene rings is 1. The van der Waals surface area contributed by atoms with Crippen molar-refractivity contribution in [3.8, 4) is 0 Å². The molecule has 6 nitrogen and oxygen atoms in total. The van der Waals surface area contributed by atoms with Gasteiger partial charge in [-0.05, 0) is 18.2 Å². The van der Waals surface area contributed by atoms with Crippen molar-refractivity contribution < 1.29 is 9.53 Å². The molecular weight excluding hydrogens is 328 g/mol. The van der Waals surface area contributed by atoms with Crippen LogP contribution in [0.4, 0.5) is 5.69 Å². The Morgan fingerprint density at radius 3 is 2.75 bits per heavy atom. The normalized spacial score (nSPS) is 16.9. The van der Waals surface area contributed by atoms with Gasteiger partial charge in [0.2, 0.25) is 5.91 Å². The van der Waals surface area contributed by atoms with Gasteiger partial charge in [-0.15, -0.1) is 0 Å². The maximum absolute atomic E-state index is 11.8. The van der Waals surface area contributed by atoms with Crippen molar-refractivity contribution in [3.63, 3.8) is 0 Å². The maximum Gasteiger partial charge on any atom is 0.222 e. The van der Waals surface area contributed by atoms with E-state index < -0.39 is 0 Å². The molecule has 3 N–H and O–H groups in total. The zero-order valence-corrected chi connectivity index (χ0v) is 15.0. The van der Waals surface area contributed by atoms with Gasteiger partial charge in [-0.25, -0.2) is 0 Å². The molecule has 0 saturated carbocycles. The molecule has 1 aliphatic rings. The summed E-state index contributed by atoms with van der Waals surface area (Å²) in [5.74, 6) is -0.00939. The number of nitrogens with zero attached hydrogens (tertiary/aromatic N) is 2. The average Bonchev–Trinajstić information content (AvgIpc) is 2.60. The number of halogens is 1.